The van der Waals surface area contributed by atoms with Gasteiger partial charge in [-0.25, -0.2) is 0 Å². The zero-order valence-corrected chi connectivity index (χ0v) is 12.8. The molecule has 1 aromatic rings. The molecule has 22 heavy (non-hydrogen) atoms. The van der Waals surface area contributed by atoms with Gasteiger partial charge >= 0.3 is 0 Å². The van der Waals surface area contributed by atoms with E-state index < -0.39 is 17.4 Å². The standard InChI is InChI=1S/C18H20O4/c1-16-13-11-8-12-14(13)17(2,21-16)22-18(12,20-15(11)19-16)9-10-6-4-3-5-7-10/h3-7,11-15H,8-9H2,1-2H3/t11?,12?,13?,14?,15-,16-,17-,18-/m1/s1. The van der Waals surface area contributed by atoms with E-state index in [9.17, 15) is 0 Å². The highest BCUT2D eigenvalue weighted by molar-refractivity contribution is 5.24. The van der Waals surface area contributed by atoms with Gasteiger partial charge < -0.3 is 18.9 Å². The molecule has 116 valence electrons. The Kier molecular flexibility index (Phi) is 1.95. The Morgan fingerprint density at radius 3 is 2.64 bits per heavy atom. The lowest BCUT2D eigenvalue weighted by Crippen LogP contribution is -2.52. The molecule has 1 aromatic carbocycles. The van der Waals surface area contributed by atoms with Crippen LogP contribution in [-0.2, 0) is 25.4 Å². The second kappa shape index (κ2) is 3.44. The first-order chi connectivity index (χ1) is 10.5. The summed E-state index contributed by atoms with van der Waals surface area (Å²) >= 11 is 0. The van der Waals surface area contributed by atoms with Crippen LogP contribution in [0.5, 0.6) is 0 Å². The van der Waals surface area contributed by atoms with E-state index in [-0.39, 0.29) is 6.29 Å². The van der Waals surface area contributed by atoms with E-state index in [1.54, 1.807) is 0 Å². The highest BCUT2D eigenvalue weighted by Crippen LogP contribution is 2.75. The van der Waals surface area contributed by atoms with Gasteiger partial charge in [0.15, 0.2) is 23.7 Å². The average Bonchev–Trinajstić information content (AvgIpc) is 3.08. The molecular formula is C18H20O4. The van der Waals surface area contributed by atoms with Crippen molar-refractivity contribution in [2.24, 2.45) is 23.7 Å². The van der Waals surface area contributed by atoms with Crippen molar-refractivity contribution < 1.29 is 18.9 Å². The summed E-state index contributed by atoms with van der Waals surface area (Å²) < 4.78 is 25.5. The van der Waals surface area contributed by atoms with Crippen LogP contribution in [0.4, 0.5) is 0 Å². The predicted octanol–water partition coefficient (Wildman–Crippen LogP) is 2.67. The highest BCUT2D eigenvalue weighted by Gasteiger charge is 2.83. The van der Waals surface area contributed by atoms with Crippen LogP contribution in [0.3, 0.4) is 0 Å². The van der Waals surface area contributed by atoms with Crippen molar-refractivity contribution in [3.05, 3.63) is 35.9 Å². The molecule has 1 aliphatic carbocycles. The van der Waals surface area contributed by atoms with Gasteiger partial charge in [0.2, 0.25) is 0 Å². The molecule has 4 nitrogen and oxygen atoms in total. The molecule has 4 saturated heterocycles. The van der Waals surface area contributed by atoms with Gasteiger partial charge in [0.1, 0.15) is 0 Å². The molecule has 6 rings (SSSR count). The average molecular weight is 300 g/mol. The molecule has 5 fully saturated rings. The summed E-state index contributed by atoms with van der Waals surface area (Å²) in [5.74, 6) is -0.00375. The fraction of sp³-hybridized carbons (Fsp3) is 0.667. The molecule has 0 radical (unpaired) electrons. The van der Waals surface area contributed by atoms with Crippen LogP contribution in [0.2, 0.25) is 0 Å². The number of ether oxygens (including phenoxy) is 4. The van der Waals surface area contributed by atoms with E-state index in [0.717, 1.165) is 12.8 Å². The third kappa shape index (κ3) is 1.20. The quantitative estimate of drug-likeness (QED) is 0.841. The van der Waals surface area contributed by atoms with Crippen LogP contribution in [0.15, 0.2) is 30.3 Å². The van der Waals surface area contributed by atoms with Gasteiger partial charge in [-0.05, 0) is 25.8 Å². The lowest BCUT2D eigenvalue weighted by molar-refractivity contribution is -0.438. The maximum Gasteiger partial charge on any atom is 0.182 e. The summed E-state index contributed by atoms with van der Waals surface area (Å²) in [7, 11) is 0. The topological polar surface area (TPSA) is 36.9 Å². The van der Waals surface area contributed by atoms with E-state index in [1.165, 1.54) is 5.56 Å². The zero-order valence-electron chi connectivity index (χ0n) is 12.8. The molecular weight excluding hydrogens is 280 g/mol. The molecule has 0 N–H and O–H groups in total. The van der Waals surface area contributed by atoms with Gasteiger partial charge in [-0.3, -0.25) is 0 Å². The Bertz CT molecular complexity index is 662. The molecule has 4 heterocycles. The monoisotopic (exact) mass is 300 g/mol. The van der Waals surface area contributed by atoms with Crippen LogP contribution in [0, 0.1) is 23.7 Å². The Balaban J connectivity index is 1.48. The van der Waals surface area contributed by atoms with Gasteiger partial charge in [0, 0.05) is 30.1 Å². The minimum atomic E-state index is -0.585. The summed E-state index contributed by atoms with van der Waals surface area (Å²) in [5, 5.41) is 0. The van der Waals surface area contributed by atoms with Crippen molar-refractivity contribution >= 4 is 0 Å². The Labute approximate surface area is 129 Å². The Morgan fingerprint density at radius 1 is 1.00 bits per heavy atom. The van der Waals surface area contributed by atoms with E-state index in [2.05, 4.69) is 38.1 Å². The van der Waals surface area contributed by atoms with Gasteiger partial charge in [-0.2, -0.15) is 0 Å². The van der Waals surface area contributed by atoms with Crippen molar-refractivity contribution in [1.29, 1.82) is 0 Å². The van der Waals surface area contributed by atoms with Gasteiger partial charge in [-0.1, -0.05) is 30.3 Å². The summed E-state index contributed by atoms with van der Waals surface area (Å²) in [6, 6.07) is 10.5. The molecule has 4 heteroatoms. The number of rotatable bonds is 2. The number of hydrogen-bond donors (Lipinski definition) is 0. The Morgan fingerprint density at radius 2 is 1.82 bits per heavy atom. The highest BCUT2D eigenvalue weighted by atomic mass is 16.9. The molecule has 0 spiro atoms. The molecule has 1 saturated carbocycles. The van der Waals surface area contributed by atoms with Gasteiger partial charge in [0.05, 0.1) is 0 Å². The predicted molar refractivity (Wildman–Crippen MR) is 76.4 cm³/mol. The minimum absolute atomic E-state index is 0.176. The first-order valence-corrected chi connectivity index (χ1v) is 8.33. The van der Waals surface area contributed by atoms with Crippen molar-refractivity contribution in [3.63, 3.8) is 0 Å². The van der Waals surface area contributed by atoms with E-state index >= 15 is 0 Å². The maximum absolute atomic E-state index is 6.53. The third-order valence-corrected chi connectivity index (χ3v) is 6.67. The summed E-state index contributed by atoms with van der Waals surface area (Å²) in [5.41, 5.74) is 1.25. The first kappa shape index (κ1) is 12.5. The first-order valence-electron chi connectivity index (χ1n) is 8.33. The second-order valence-electron chi connectivity index (χ2n) is 7.87. The summed E-state index contributed by atoms with van der Waals surface area (Å²) in [6.07, 6.45) is 1.73. The Hall–Kier alpha value is -0.940. The molecule has 2 bridgehead atoms. The molecule has 0 aromatic heterocycles. The lowest BCUT2D eigenvalue weighted by Gasteiger charge is -2.44. The molecule has 0 amide bonds. The second-order valence-corrected chi connectivity index (χ2v) is 7.87. The van der Waals surface area contributed by atoms with Gasteiger partial charge in [0.25, 0.3) is 0 Å². The molecule has 5 aliphatic rings. The van der Waals surface area contributed by atoms with E-state index in [4.69, 9.17) is 18.9 Å². The van der Waals surface area contributed by atoms with Crippen LogP contribution in [0.1, 0.15) is 25.8 Å². The van der Waals surface area contributed by atoms with Crippen molar-refractivity contribution in [2.75, 3.05) is 0 Å². The van der Waals surface area contributed by atoms with Crippen molar-refractivity contribution in [2.45, 2.75) is 50.3 Å². The third-order valence-electron chi connectivity index (χ3n) is 6.67. The fourth-order valence-electron chi connectivity index (χ4n) is 6.22. The fourth-order valence-corrected chi connectivity index (χ4v) is 6.22. The van der Waals surface area contributed by atoms with Crippen LogP contribution in [-0.4, -0.2) is 23.7 Å². The lowest BCUT2D eigenvalue weighted by atomic mass is 9.80. The maximum atomic E-state index is 6.53. The van der Waals surface area contributed by atoms with Crippen molar-refractivity contribution in [3.8, 4) is 0 Å². The largest absolute Gasteiger partial charge is 0.321 e. The number of hydrogen-bond acceptors (Lipinski definition) is 4. The smallest absolute Gasteiger partial charge is 0.182 e. The van der Waals surface area contributed by atoms with Crippen LogP contribution < -0.4 is 0 Å². The van der Waals surface area contributed by atoms with Gasteiger partial charge in [-0.15, -0.1) is 0 Å². The normalized spacial score (nSPS) is 59.6. The SMILES string of the molecule is C[C@@]12O[C@@H]3O[C@]4(Cc5ccccc5)O[C@@](C)(O1)C1C2C3CC14. The van der Waals surface area contributed by atoms with Crippen LogP contribution in [0.25, 0.3) is 0 Å². The zero-order chi connectivity index (χ0) is 14.7. The summed E-state index contributed by atoms with van der Waals surface area (Å²) in [6.45, 7) is 4.14. The van der Waals surface area contributed by atoms with E-state index in [0.29, 0.717) is 23.7 Å². The van der Waals surface area contributed by atoms with Crippen molar-refractivity contribution in [1.82, 2.24) is 0 Å². The summed E-state index contributed by atoms with van der Waals surface area (Å²) in [4.78, 5) is 0. The van der Waals surface area contributed by atoms with E-state index in [1.807, 2.05) is 6.07 Å². The molecule has 4 aliphatic heterocycles. The van der Waals surface area contributed by atoms with Crippen LogP contribution >= 0.6 is 0 Å². The minimum Gasteiger partial charge on any atom is -0.321 e. The molecule has 4 unspecified atom stereocenters. The molecule has 8 atom stereocenters. The number of benzene rings is 1.